The number of thiazole rings is 1. The fourth-order valence-electron chi connectivity index (χ4n) is 3.22. The molecule has 1 aliphatic rings. The van der Waals surface area contributed by atoms with Gasteiger partial charge < -0.3 is 0 Å². The third kappa shape index (κ3) is 3.06. The average Bonchev–Trinajstić information content (AvgIpc) is 2.74. The van der Waals surface area contributed by atoms with Gasteiger partial charge in [-0.1, -0.05) is 19.8 Å². The van der Waals surface area contributed by atoms with Crippen LogP contribution in [-0.4, -0.2) is 35.3 Å². The van der Waals surface area contributed by atoms with E-state index in [2.05, 4.69) is 16.8 Å². The van der Waals surface area contributed by atoms with Crippen LogP contribution < -0.4 is 0 Å². The number of Topliss-reactive ketones (excluding diaryl/α,β-unsaturated/α-hetero) is 1. The van der Waals surface area contributed by atoms with Crippen LogP contribution in [0.25, 0.3) is 0 Å². The molecule has 0 N–H and O–H groups in total. The Hall–Kier alpha value is -0.740. The fourth-order valence-corrected chi connectivity index (χ4v) is 3.99. The highest BCUT2D eigenvalue weighted by Crippen LogP contribution is 2.37. The molecule has 0 aromatic carbocycles. The summed E-state index contributed by atoms with van der Waals surface area (Å²) in [6.07, 6.45) is 4.88. The SMILES string of the molecule is Cc1csc(CC(=O)C2(N(C)C)CCCC(C)C2)n1. The maximum absolute atomic E-state index is 12.8. The highest BCUT2D eigenvalue weighted by Gasteiger charge is 2.43. The van der Waals surface area contributed by atoms with Crippen LogP contribution in [-0.2, 0) is 11.2 Å². The van der Waals surface area contributed by atoms with Gasteiger partial charge >= 0.3 is 0 Å². The van der Waals surface area contributed by atoms with Crippen LogP contribution in [0.5, 0.6) is 0 Å². The predicted octanol–water partition coefficient (Wildman–Crippen LogP) is 3.07. The molecular formula is C15H24N2OS. The van der Waals surface area contributed by atoms with E-state index in [0.717, 1.165) is 30.0 Å². The van der Waals surface area contributed by atoms with Crippen molar-refractivity contribution in [2.24, 2.45) is 5.92 Å². The van der Waals surface area contributed by atoms with Gasteiger partial charge in [0.1, 0.15) is 5.01 Å². The van der Waals surface area contributed by atoms with E-state index in [4.69, 9.17) is 0 Å². The normalized spacial score (nSPS) is 27.7. The largest absolute Gasteiger partial charge is 0.297 e. The molecule has 0 saturated heterocycles. The van der Waals surface area contributed by atoms with E-state index in [1.807, 2.05) is 26.4 Å². The lowest BCUT2D eigenvalue weighted by Crippen LogP contribution is -2.54. The predicted molar refractivity (Wildman–Crippen MR) is 79.6 cm³/mol. The summed E-state index contributed by atoms with van der Waals surface area (Å²) in [5.74, 6) is 0.983. The molecule has 4 heteroatoms. The highest BCUT2D eigenvalue weighted by molar-refractivity contribution is 7.09. The fraction of sp³-hybridized carbons (Fsp3) is 0.733. The second kappa shape index (κ2) is 5.71. The van der Waals surface area contributed by atoms with Crippen LogP contribution in [0.3, 0.4) is 0 Å². The minimum Gasteiger partial charge on any atom is -0.297 e. The molecule has 1 heterocycles. The van der Waals surface area contributed by atoms with Crippen LogP contribution in [0.15, 0.2) is 5.38 Å². The topological polar surface area (TPSA) is 33.2 Å². The monoisotopic (exact) mass is 280 g/mol. The van der Waals surface area contributed by atoms with Crippen molar-refractivity contribution in [1.29, 1.82) is 0 Å². The number of nitrogens with zero attached hydrogens (tertiary/aromatic N) is 2. The Morgan fingerprint density at radius 2 is 2.32 bits per heavy atom. The number of hydrogen-bond acceptors (Lipinski definition) is 4. The van der Waals surface area contributed by atoms with E-state index in [1.54, 1.807) is 11.3 Å². The molecule has 2 atom stereocenters. The maximum atomic E-state index is 12.8. The summed E-state index contributed by atoms with van der Waals surface area (Å²) >= 11 is 1.60. The van der Waals surface area contributed by atoms with E-state index >= 15 is 0 Å². The van der Waals surface area contributed by atoms with E-state index in [1.165, 1.54) is 6.42 Å². The first-order chi connectivity index (χ1) is 8.94. The van der Waals surface area contributed by atoms with E-state index in [9.17, 15) is 4.79 Å². The molecule has 0 aliphatic heterocycles. The summed E-state index contributed by atoms with van der Waals surface area (Å²) in [6, 6.07) is 0. The Balaban J connectivity index is 2.16. The smallest absolute Gasteiger partial charge is 0.159 e. The van der Waals surface area contributed by atoms with Crippen LogP contribution in [0.4, 0.5) is 0 Å². The Morgan fingerprint density at radius 1 is 1.58 bits per heavy atom. The van der Waals surface area contributed by atoms with Crippen molar-refractivity contribution in [3.8, 4) is 0 Å². The molecule has 0 amide bonds. The molecular weight excluding hydrogens is 256 g/mol. The molecule has 0 bridgehead atoms. The first kappa shape index (κ1) is 14.7. The number of rotatable bonds is 4. The zero-order chi connectivity index (χ0) is 14.0. The molecule has 3 nitrogen and oxygen atoms in total. The second-order valence-corrected chi connectivity index (χ2v) is 7.05. The summed E-state index contributed by atoms with van der Waals surface area (Å²) in [6.45, 7) is 4.24. The second-order valence-electron chi connectivity index (χ2n) is 6.11. The van der Waals surface area contributed by atoms with Gasteiger partial charge in [-0.25, -0.2) is 4.98 Å². The van der Waals surface area contributed by atoms with Crippen molar-refractivity contribution in [2.75, 3.05) is 14.1 Å². The van der Waals surface area contributed by atoms with Gasteiger partial charge in [-0.15, -0.1) is 11.3 Å². The van der Waals surface area contributed by atoms with E-state index < -0.39 is 0 Å². The summed E-state index contributed by atoms with van der Waals surface area (Å²) in [4.78, 5) is 19.4. The van der Waals surface area contributed by atoms with Crippen LogP contribution in [0.2, 0.25) is 0 Å². The van der Waals surface area contributed by atoms with Crippen LogP contribution >= 0.6 is 11.3 Å². The zero-order valence-corrected chi connectivity index (χ0v) is 13.2. The number of likely N-dealkylation sites (N-methyl/N-ethyl adjacent to an activating group) is 1. The van der Waals surface area contributed by atoms with Crippen molar-refractivity contribution in [2.45, 2.75) is 51.5 Å². The number of carbonyl (C=O) groups excluding carboxylic acids is 1. The van der Waals surface area contributed by atoms with Crippen molar-refractivity contribution in [3.63, 3.8) is 0 Å². The molecule has 2 rings (SSSR count). The standard InChI is InChI=1S/C15H24N2OS/c1-11-6-5-7-15(9-11,17(3)4)13(18)8-14-16-12(2)10-19-14/h10-11H,5-9H2,1-4H3. The lowest BCUT2D eigenvalue weighted by Gasteiger charge is -2.43. The summed E-state index contributed by atoms with van der Waals surface area (Å²) in [5, 5.41) is 2.98. The van der Waals surface area contributed by atoms with Crippen LogP contribution in [0, 0.1) is 12.8 Å². The Labute approximate surface area is 120 Å². The number of aromatic nitrogens is 1. The van der Waals surface area contributed by atoms with Gasteiger partial charge in [0.25, 0.3) is 0 Å². The minimum absolute atomic E-state index is 0.267. The summed E-state index contributed by atoms with van der Waals surface area (Å²) < 4.78 is 0. The highest BCUT2D eigenvalue weighted by atomic mass is 32.1. The van der Waals surface area contributed by atoms with Crippen molar-refractivity contribution >= 4 is 17.1 Å². The Kier molecular flexibility index (Phi) is 4.41. The molecule has 1 aliphatic carbocycles. The van der Waals surface area contributed by atoms with Crippen molar-refractivity contribution in [1.82, 2.24) is 9.88 Å². The molecule has 106 valence electrons. The lowest BCUT2D eigenvalue weighted by molar-refractivity contribution is -0.132. The first-order valence-electron chi connectivity index (χ1n) is 7.06. The molecule has 0 radical (unpaired) electrons. The number of ketones is 1. The Morgan fingerprint density at radius 3 is 2.84 bits per heavy atom. The number of hydrogen-bond donors (Lipinski definition) is 0. The van der Waals surface area contributed by atoms with Gasteiger partial charge in [-0.3, -0.25) is 9.69 Å². The van der Waals surface area contributed by atoms with E-state index in [-0.39, 0.29) is 5.54 Å². The molecule has 1 aromatic rings. The quantitative estimate of drug-likeness (QED) is 0.850. The van der Waals surface area contributed by atoms with Crippen molar-refractivity contribution < 1.29 is 4.79 Å². The maximum Gasteiger partial charge on any atom is 0.159 e. The molecule has 2 unspecified atom stereocenters. The number of aryl methyl sites for hydroxylation is 1. The summed E-state index contributed by atoms with van der Waals surface area (Å²) in [5.41, 5.74) is 0.751. The van der Waals surface area contributed by atoms with Crippen molar-refractivity contribution in [3.05, 3.63) is 16.1 Å². The Bertz CT molecular complexity index is 455. The third-order valence-electron chi connectivity index (χ3n) is 4.33. The van der Waals surface area contributed by atoms with Gasteiger partial charge in [-0.2, -0.15) is 0 Å². The molecule has 19 heavy (non-hydrogen) atoms. The minimum atomic E-state index is -0.267. The molecule has 1 saturated carbocycles. The van der Waals surface area contributed by atoms with Gasteiger partial charge in [0.15, 0.2) is 5.78 Å². The van der Waals surface area contributed by atoms with Gasteiger partial charge in [0.2, 0.25) is 0 Å². The molecule has 1 aromatic heterocycles. The zero-order valence-electron chi connectivity index (χ0n) is 12.4. The average molecular weight is 280 g/mol. The summed E-state index contributed by atoms with van der Waals surface area (Å²) in [7, 11) is 4.09. The van der Waals surface area contributed by atoms with Gasteiger partial charge in [0, 0.05) is 11.1 Å². The molecule has 1 fully saturated rings. The van der Waals surface area contributed by atoms with E-state index in [0.29, 0.717) is 18.1 Å². The lowest BCUT2D eigenvalue weighted by atomic mass is 9.72. The first-order valence-corrected chi connectivity index (χ1v) is 7.94. The third-order valence-corrected chi connectivity index (χ3v) is 5.29. The molecule has 0 spiro atoms. The number of carbonyl (C=O) groups is 1. The van der Waals surface area contributed by atoms with Crippen LogP contribution in [0.1, 0.15) is 43.3 Å². The van der Waals surface area contributed by atoms with Gasteiger partial charge in [-0.05, 0) is 39.8 Å². The van der Waals surface area contributed by atoms with Gasteiger partial charge in [0.05, 0.1) is 12.0 Å².